The van der Waals surface area contributed by atoms with Crippen LogP contribution in [0.15, 0.2) is 65.6 Å². The van der Waals surface area contributed by atoms with Gasteiger partial charge < -0.3 is 5.32 Å². The van der Waals surface area contributed by atoms with Crippen molar-refractivity contribution >= 4 is 21.6 Å². The molecule has 0 aliphatic carbocycles. The maximum Gasteiger partial charge on any atom is 0.262 e. The molecule has 2 N–H and O–H groups in total. The predicted octanol–water partition coefficient (Wildman–Crippen LogP) is 4.65. The summed E-state index contributed by atoms with van der Waals surface area (Å²) in [5.41, 5.74) is 5.41. The Hall–Kier alpha value is -3.12. The van der Waals surface area contributed by atoms with Crippen molar-refractivity contribution in [3.05, 3.63) is 94.0 Å². The van der Waals surface area contributed by atoms with E-state index in [9.17, 15) is 13.2 Å². The second-order valence-corrected chi connectivity index (χ2v) is 9.22. The van der Waals surface area contributed by atoms with E-state index < -0.39 is 10.0 Å². The van der Waals surface area contributed by atoms with Crippen molar-refractivity contribution in [1.82, 2.24) is 5.32 Å². The highest BCUT2D eigenvalue weighted by Gasteiger charge is 2.20. The number of benzene rings is 3. The second kappa shape index (κ2) is 8.71. The Morgan fingerprint density at radius 3 is 2.13 bits per heavy atom. The first-order valence-corrected chi connectivity index (χ1v) is 11.2. The van der Waals surface area contributed by atoms with Crippen molar-refractivity contribution in [3.63, 3.8) is 0 Å². The van der Waals surface area contributed by atoms with Crippen molar-refractivity contribution in [1.29, 1.82) is 0 Å². The second-order valence-electron chi connectivity index (χ2n) is 7.57. The minimum absolute atomic E-state index is 0.0884. The van der Waals surface area contributed by atoms with E-state index in [1.165, 1.54) is 6.07 Å². The maximum atomic E-state index is 13.0. The summed E-state index contributed by atoms with van der Waals surface area (Å²) in [5.74, 6) is -0.321. The van der Waals surface area contributed by atoms with E-state index in [4.69, 9.17) is 0 Å². The maximum absolute atomic E-state index is 13.0. The number of hydrogen-bond acceptors (Lipinski definition) is 3. The lowest BCUT2D eigenvalue weighted by Gasteiger charge is -2.14. The Bertz CT molecular complexity index is 1180. The van der Waals surface area contributed by atoms with Crippen LogP contribution in [0, 0.1) is 27.7 Å². The zero-order valence-electron chi connectivity index (χ0n) is 17.6. The number of carbonyl (C=O) groups excluding carboxylic acids is 1. The summed E-state index contributed by atoms with van der Waals surface area (Å²) < 4.78 is 28.6. The summed E-state index contributed by atoms with van der Waals surface area (Å²) in [5, 5.41) is 2.84. The van der Waals surface area contributed by atoms with Crippen LogP contribution in [0.1, 0.15) is 38.2 Å². The molecule has 0 atom stereocenters. The topological polar surface area (TPSA) is 75.3 Å². The van der Waals surface area contributed by atoms with Gasteiger partial charge in [-0.2, -0.15) is 0 Å². The van der Waals surface area contributed by atoms with Gasteiger partial charge >= 0.3 is 0 Å². The van der Waals surface area contributed by atoms with Gasteiger partial charge in [0.05, 0.1) is 10.6 Å². The monoisotopic (exact) mass is 422 g/mol. The van der Waals surface area contributed by atoms with Gasteiger partial charge in [-0.3, -0.25) is 9.52 Å². The summed E-state index contributed by atoms with van der Waals surface area (Å²) in [6.45, 7) is 7.89. The molecule has 3 aromatic rings. The number of sulfonamides is 1. The molecule has 6 heteroatoms. The van der Waals surface area contributed by atoms with Gasteiger partial charge in [-0.1, -0.05) is 53.6 Å². The third-order valence-electron chi connectivity index (χ3n) is 4.94. The average Bonchev–Trinajstić information content (AvgIpc) is 2.69. The molecule has 156 valence electrons. The number of carbonyl (C=O) groups is 1. The number of rotatable bonds is 6. The van der Waals surface area contributed by atoms with Crippen LogP contribution in [0.2, 0.25) is 0 Å². The van der Waals surface area contributed by atoms with E-state index >= 15 is 0 Å². The molecule has 5 nitrogen and oxygen atoms in total. The fourth-order valence-corrected chi connectivity index (χ4v) is 4.55. The van der Waals surface area contributed by atoms with E-state index in [-0.39, 0.29) is 10.8 Å². The Kier molecular flexibility index (Phi) is 6.27. The molecular weight excluding hydrogens is 396 g/mol. The molecule has 0 spiro atoms. The van der Waals surface area contributed by atoms with Gasteiger partial charge in [-0.15, -0.1) is 0 Å². The standard InChI is InChI=1S/C24H26N2O3S/c1-16-5-9-20(10-6-16)15-25-24(27)21-11-8-18(3)23(14-21)30(28,29)26-22-12-7-17(2)13-19(22)4/h5-14,26H,15H2,1-4H3,(H,25,27). The van der Waals surface area contributed by atoms with Crippen LogP contribution < -0.4 is 10.0 Å². The Morgan fingerprint density at radius 1 is 0.800 bits per heavy atom. The molecule has 3 aromatic carbocycles. The third-order valence-corrected chi connectivity index (χ3v) is 6.45. The molecule has 0 aromatic heterocycles. The fourth-order valence-electron chi connectivity index (χ4n) is 3.15. The average molecular weight is 423 g/mol. The van der Waals surface area contributed by atoms with Gasteiger partial charge in [0.15, 0.2) is 0 Å². The summed E-state index contributed by atoms with van der Waals surface area (Å²) in [7, 11) is -3.84. The summed E-state index contributed by atoms with van der Waals surface area (Å²) in [6.07, 6.45) is 0. The van der Waals surface area contributed by atoms with Crippen molar-refractivity contribution in [2.24, 2.45) is 0 Å². The number of amides is 1. The Morgan fingerprint density at radius 2 is 1.47 bits per heavy atom. The molecule has 0 bridgehead atoms. The van der Waals surface area contributed by atoms with E-state index in [0.717, 1.165) is 22.3 Å². The van der Waals surface area contributed by atoms with Crippen LogP contribution in [0.4, 0.5) is 5.69 Å². The van der Waals surface area contributed by atoms with E-state index in [0.29, 0.717) is 23.4 Å². The zero-order chi connectivity index (χ0) is 21.9. The zero-order valence-corrected chi connectivity index (χ0v) is 18.4. The third kappa shape index (κ3) is 5.07. The molecule has 30 heavy (non-hydrogen) atoms. The van der Waals surface area contributed by atoms with E-state index in [1.54, 1.807) is 25.1 Å². The predicted molar refractivity (Wildman–Crippen MR) is 120 cm³/mol. The molecule has 0 saturated heterocycles. The summed E-state index contributed by atoms with van der Waals surface area (Å²) in [6, 6.07) is 18.1. The molecule has 0 unspecified atom stereocenters. The molecule has 1 amide bonds. The minimum Gasteiger partial charge on any atom is -0.348 e. The van der Waals surface area contributed by atoms with E-state index in [2.05, 4.69) is 10.0 Å². The highest BCUT2D eigenvalue weighted by atomic mass is 32.2. The Balaban J connectivity index is 1.81. The SMILES string of the molecule is Cc1ccc(CNC(=O)c2ccc(C)c(S(=O)(=O)Nc3ccc(C)cc3C)c2)cc1. The first kappa shape index (κ1) is 21.6. The summed E-state index contributed by atoms with van der Waals surface area (Å²) >= 11 is 0. The first-order valence-electron chi connectivity index (χ1n) is 9.70. The number of nitrogens with one attached hydrogen (secondary N) is 2. The first-order chi connectivity index (χ1) is 14.2. The van der Waals surface area contributed by atoms with Crippen LogP contribution in [-0.4, -0.2) is 14.3 Å². The molecule has 0 aliphatic rings. The van der Waals surface area contributed by atoms with Gasteiger partial charge in [0.1, 0.15) is 0 Å². The van der Waals surface area contributed by atoms with Crippen molar-refractivity contribution in [3.8, 4) is 0 Å². The van der Waals surface area contributed by atoms with Gasteiger partial charge in [0.2, 0.25) is 0 Å². The normalized spacial score (nSPS) is 11.2. The highest BCUT2D eigenvalue weighted by molar-refractivity contribution is 7.92. The minimum atomic E-state index is -3.84. The number of anilines is 1. The summed E-state index contributed by atoms with van der Waals surface area (Å²) in [4.78, 5) is 12.7. The highest BCUT2D eigenvalue weighted by Crippen LogP contribution is 2.23. The lowest BCUT2D eigenvalue weighted by molar-refractivity contribution is 0.0950. The van der Waals surface area contributed by atoms with Crippen LogP contribution >= 0.6 is 0 Å². The molecule has 3 rings (SSSR count). The van der Waals surface area contributed by atoms with Crippen molar-refractivity contribution in [2.75, 3.05) is 4.72 Å². The van der Waals surface area contributed by atoms with Crippen LogP contribution in [0.5, 0.6) is 0 Å². The van der Waals surface area contributed by atoms with E-state index in [1.807, 2.05) is 57.2 Å². The largest absolute Gasteiger partial charge is 0.348 e. The van der Waals surface area contributed by atoms with Gasteiger partial charge in [-0.05, 0) is 62.6 Å². The molecular formula is C24H26N2O3S. The smallest absolute Gasteiger partial charge is 0.262 e. The number of hydrogen-bond donors (Lipinski definition) is 2. The molecule has 0 heterocycles. The lowest BCUT2D eigenvalue weighted by Crippen LogP contribution is -2.23. The van der Waals surface area contributed by atoms with Crippen LogP contribution in [0.3, 0.4) is 0 Å². The van der Waals surface area contributed by atoms with Crippen LogP contribution in [0.25, 0.3) is 0 Å². The van der Waals surface area contributed by atoms with Crippen LogP contribution in [-0.2, 0) is 16.6 Å². The lowest BCUT2D eigenvalue weighted by atomic mass is 10.1. The fraction of sp³-hybridized carbons (Fsp3) is 0.208. The molecule has 0 radical (unpaired) electrons. The van der Waals surface area contributed by atoms with Gasteiger partial charge in [-0.25, -0.2) is 8.42 Å². The molecule has 0 fully saturated rings. The molecule has 0 saturated carbocycles. The van der Waals surface area contributed by atoms with Gasteiger partial charge in [0.25, 0.3) is 15.9 Å². The van der Waals surface area contributed by atoms with Crippen molar-refractivity contribution in [2.45, 2.75) is 39.1 Å². The Labute approximate surface area is 178 Å². The van der Waals surface area contributed by atoms with Gasteiger partial charge in [0, 0.05) is 12.1 Å². The number of aryl methyl sites for hydroxylation is 4. The molecule has 0 aliphatic heterocycles. The van der Waals surface area contributed by atoms with Crippen molar-refractivity contribution < 1.29 is 13.2 Å². The quantitative estimate of drug-likeness (QED) is 0.607.